The molecular weight excluding hydrogens is 704 g/mol. The van der Waals surface area contributed by atoms with Crippen LogP contribution in [0.25, 0.3) is 33.6 Å². The number of hydrogen-bond acceptors (Lipinski definition) is 8. The number of methoxy groups -OCH3 is 1. The highest BCUT2D eigenvalue weighted by Crippen LogP contribution is 2.46. The first kappa shape index (κ1) is 37.6. The predicted molar refractivity (Wildman–Crippen MR) is 202 cm³/mol. The highest BCUT2D eigenvalue weighted by atomic mass is 16.5. The average molecular weight is 753 g/mol. The molecule has 55 heavy (non-hydrogen) atoms. The number of aromatic nitrogens is 4. The van der Waals surface area contributed by atoms with E-state index in [4.69, 9.17) is 4.74 Å². The minimum absolute atomic E-state index is 0.135. The van der Waals surface area contributed by atoms with Crippen LogP contribution in [0, 0.1) is 11.8 Å². The summed E-state index contributed by atoms with van der Waals surface area (Å²) in [4.78, 5) is 70.1. The van der Waals surface area contributed by atoms with Gasteiger partial charge in [0.1, 0.15) is 29.8 Å². The van der Waals surface area contributed by atoms with Crippen molar-refractivity contribution >= 4 is 24.0 Å². The number of nitrogens with zero attached hydrogens (tertiary/aromatic N) is 4. The first-order valence-corrected chi connectivity index (χ1v) is 18.9. The first-order valence-electron chi connectivity index (χ1n) is 18.9. The lowest BCUT2D eigenvalue weighted by molar-refractivity contribution is -0.136. The molecule has 2 fully saturated rings. The topological polar surface area (TPSA) is 206 Å². The summed E-state index contributed by atoms with van der Waals surface area (Å²) in [5.74, 6) is 0.511. The number of likely N-dealkylation sites (tertiary alicyclic amines) is 2. The number of benzene rings is 2. The summed E-state index contributed by atoms with van der Waals surface area (Å²) in [6.07, 6.45) is 3.76. The van der Waals surface area contributed by atoms with Crippen LogP contribution < -0.4 is 10.6 Å². The number of rotatable bonds is 10. The molecule has 1 aliphatic carbocycles. The molecule has 0 radical (unpaired) electrons. The number of alkyl carbamates (subject to hydrolysis) is 1. The van der Waals surface area contributed by atoms with Crippen LogP contribution in [0.1, 0.15) is 94.3 Å². The molecule has 6 N–H and O–H groups in total. The molecule has 5 atom stereocenters. The van der Waals surface area contributed by atoms with Gasteiger partial charge >= 0.3 is 12.2 Å². The molecule has 3 aliphatic rings. The average Bonchev–Trinajstić information content (AvgIpc) is 4.02. The van der Waals surface area contributed by atoms with E-state index in [1.165, 1.54) is 7.11 Å². The van der Waals surface area contributed by atoms with E-state index >= 15 is 0 Å². The molecule has 15 heteroatoms. The number of nitrogens with one attached hydrogen (secondary N) is 4. The van der Waals surface area contributed by atoms with Crippen LogP contribution in [0.15, 0.2) is 48.8 Å². The van der Waals surface area contributed by atoms with E-state index in [9.17, 15) is 29.4 Å². The van der Waals surface area contributed by atoms with Crippen molar-refractivity contribution in [3.8, 4) is 33.6 Å². The van der Waals surface area contributed by atoms with E-state index in [1.807, 2.05) is 64.1 Å². The number of carbonyl (C=O) groups is 4. The molecule has 0 spiro atoms. The Hall–Kier alpha value is -5.70. The number of aliphatic hydroxyl groups excluding tert-OH is 1. The maximum atomic E-state index is 13.6. The first-order chi connectivity index (χ1) is 26.4. The maximum Gasteiger partial charge on any atom is 0.407 e. The SMILES string of the molecule is COC(=O)N[C@H](C(=O)N1CCCC1c1ncc(-c2ccc3c(c2)C(O)c2cc(-c4cnc([C@@H]5CCCN5C(=O)[C@@H](NC(=O)O)C(C)C)[nH]4)ccc2-3)[nH]1)C(C)C. The number of amides is 4. The monoisotopic (exact) mass is 752 g/mol. The number of fused-ring (bicyclic) bond motifs is 3. The number of carboxylic acid groups (broad SMARTS) is 1. The van der Waals surface area contributed by atoms with Crippen molar-refractivity contribution in [2.75, 3.05) is 20.2 Å². The highest BCUT2D eigenvalue weighted by Gasteiger charge is 2.39. The Balaban J connectivity index is 1.07. The second-order valence-corrected chi connectivity index (χ2v) is 15.3. The van der Waals surface area contributed by atoms with Crippen molar-refractivity contribution in [1.82, 2.24) is 40.4 Å². The Kier molecular flexibility index (Phi) is 10.4. The van der Waals surface area contributed by atoms with Gasteiger partial charge < -0.3 is 45.4 Å². The van der Waals surface area contributed by atoms with Crippen molar-refractivity contribution in [3.05, 3.63) is 71.6 Å². The Labute approximate surface area is 318 Å². The van der Waals surface area contributed by atoms with E-state index in [0.29, 0.717) is 31.2 Å². The fourth-order valence-corrected chi connectivity index (χ4v) is 8.21. The van der Waals surface area contributed by atoms with E-state index in [2.05, 4.69) is 30.6 Å². The van der Waals surface area contributed by atoms with Gasteiger partial charge in [0.25, 0.3) is 0 Å². The summed E-state index contributed by atoms with van der Waals surface area (Å²) in [5.41, 5.74) is 6.59. The van der Waals surface area contributed by atoms with Gasteiger partial charge in [-0.3, -0.25) is 9.59 Å². The number of H-pyrrole nitrogens is 2. The number of aromatic amines is 2. The lowest BCUT2D eigenvalue weighted by Gasteiger charge is -2.30. The molecule has 4 heterocycles. The zero-order valence-electron chi connectivity index (χ0n) is 31.6. The van der Waals surface area contributed by atoms with Crippen LogP contribution >= 0.6 is 0 Å². The summed E-state index contributed by atoms with van der Waals surface area (Å²) < 4.78 is 4.75. The van der Waals surface area contributed by atoms with Gasteiger partial charge in [0, 0.05) is 13.1 Å². The molecule has 2 aromatic carbocycles. The number of carbonyl (C=O) groups excluding carboxylic acids is 3. The van der Waals surface area contributed by atoms with Crippen molar-refractivity contribution in [1.29, 1.82) is 0 Å². The van der Waals surface area contributed by atoms with Gasteiger partial charge in [-0.25, -0.2) is 19.6 Å². The third-order valence-corrected chi connectivity index (χ3v) is 11.1. The second kappa shape index (κ2) is 15.2. The maximum absolute atomic E-state index is 13.6. The number of aliphatic hydroxyl groups is 1. The van der Waals surface area contributed by atoms with Gasteiger partial charge in [0.2, 0.25) is 11.8 Å². The van der Waals surface area contributed by atoms with Crippen LogP contribution in [0.3, 0.4) is 0 Å². The Morgan fingerprint density at radius 2 is 1.22 bits per heavy atom. The van der Waals surface area contributed by atoms with Crippen molar-refractivity contribution < 1.29 is 34.1 Å². The molecule has 2 aliphatic heterocycles. The van der Waals surface area contributed by atoms with Gasteiger partial charge in [-0.2, -0.15) is 0 Å². The lowest BCUT2D eigenvalue weighted by atomic mass is 10.0. The minimum Gasteiger partial charge on any atom is -0.465 e. The summed E-state index contributed by atoms with van der Waals surface area (Å²) >= 11 is 0. The summed E-state index contributed by atoms with van der Waals surface area (Å²) in [6.45, 7) is 8.47. The van der Waals surface area contributed by atoms with E-state index in [-0.39, 0.29) is 35.7 Å². The van der Waals surface area contributed by atoms with Crippen LogP contribution in [-0.4, -0.2) is 96.2 Å². The molecule has 4 amide bonds. The predicted octanol–water partition coefficient (Wildman–Crippen LogP) is 5.53. The van der Waals surface area contributed by atoms with Crippen molar-refractivity contribution in [2.24, 2.45) is 11.8 Å². The van der Waals surface area contributed by atoms with Gasteiger partial charge in [-0.05, 0) is 83.0 Å². The van der Waals surface area contributed by atoms with Gasteiger partial charge in [0.15, 0.2) is 0 Å². The van der Waals surface area contributed by atoms with Crippen LogP contribution in [0.4, 0.5) is 9.59 Å². The Morgan fingerprint density at radius 3 is 1.64 bits per heavy atom. The van der Waals surface area contributed by atoms with Gasteiger partial charge in [0.05, 0.1) is 43.0 Å². The Morgan fingerprint density at radius 1 is 0.764 bits per heavy atom. The summed E-state index contributed by atoms with van der Waals surface area (Å²) in [6, 6.07) is 9.75. The molecule has 2 unspecified atom stereocenters. The van der Waals surface area contributed by atoms with Crippen LogP contribution in [-0.2, 0) is 14.3 Å². The van der Waals surface area contributed by atoms with Crippen molar-refractivity contribution in [2.45, 2.75) is 83.6 Å². The summed E-state index contributed by atoms with van der Waals surface area (Å²) in [7, 11) is 1.27. The molecule has 0 saturated carbocycles. The van der Waals surface area contributed by atoms with E-state index in [0.717, 1.165) is 64.0 Å². The molecular formula is C40H48N8O7. The van der Waals surface area contributed by atoms with Crippen molar-refractivity contribution in [3.63, 3.8) is 0 Å². The largest absolute Gasteiger partial charge is 0.465 e. The van der Waals surface area contributed by atoms with Crippen LogP contribution in [0.2, 0.25) is 0 Å². The quantitative estimate of drug-likeness (QED) is 0.120. The number of ether oxygens (including phenoxy) is 1. The fourth-order valence-electron chi connectivity index (χ4n) is 8.21. The molecule has 4 aromatic rings. The molecule has 2 saturated heterocycles. The molecule has 290 valence electrons. The fraction of sp³-hybridized carbons (Fsp3) is 0.450. The zero-order valence-corrected chi connectivity index (χ0v) is 31.6. The van der Waals surface area contributed by atoms with Gasteiger partial charge in [-0.1, -0.05) is 52.0 Å². The molecule has 0 bridgehead atoms. The highest BCUT2D eigenvalue weighted by molar-refractivity contribution is 5.87. The Bertz CT molecular complexity index is 2110. The van der Waals surface area contributed by atoms with Gasteiger partial charge in [-0.15, -0.1) is 0 Å². The zero-order chi connectivity index (χ0) is 39.1. The minimum atomic E-state index is -1.23. The number of hydrogen-bond donors (Lipinski definition) is 6. The second-order valence-electron chi connectivity index (χ2n) is 15.3. The molecule has 2 aromatic heterocycles. The van der Waals surface area contributed by atoms with E-state index < -0.39 is 30.4 Å². The number of imidazole rings is 2. The molecule has 15 nitrogen and oxygen atoms in total. The normalized spacial score (nSPS) is 20.0. The van der Waals surface area contributed by atoms with Crippen LogP contribution in [0.5, 0.6) is 0 Å². The lowest BCUT2D eigenvalue weighted by Crippen LogP contribution is -2.51. The summed E-state index contributed by atoms with van der Waals surface area (Å²) in [5, 5.41) is 26.0. The molecule has 7 rings (SSSR count). The van der Waals surface area contributed by atoms with E-state index in [1.54, 1.807) is 22.2 Å². The standard InChI is InChI=1S/C40H48N8O7/c1-20(2)32(45-39(52)53)37(50)47-14-6-8-30(47)35-41-18-28(43-35)22-10-12-24-25-13-11-23(17-27(25)34(49)26(24)16-22)29-19-42-36(44-29)31-9-7-15-48(31)38(51)33(21(3)4)46-40(54)55-5/h10-13,16-21,30-34,45,49H,6-9,14-15H2,1-5H3,(H,41,43)(H,42,44)(H,46,54)(H,52,53)/t30-,31?,32-,33-,34?/m0/s1. The third kappa shape index (κ3) is 7.15. The smallest absolute Gasteiger partial charge is 0.407 e. The third-order valence-electron chi connectivity index (χ3n) is 11.1.